The van der Waals surface area contributed by atoms with Gasteiger partial charge in [0.2, 0.25) is 0 Å². The molecule has 0 bridgehead atoms. The van der Waals surface area contributed by atoms with Gasteiger partial charge >= 0.3 is 5.97 Å². The fourth-order valence-electron chi connectivity index (χ4n) is 2.08. The van der Waals surface area contributed by atoms with Crippen LogP contribution in [0.1, 0.15) is 40.0 Å². The van der Waals surface area contributed by atoms with E-state index in [4.69, 9.17) is 4.74 Å². The maximum absolute atomic E-state index is 12.0. The van der Waals surface area contributed by atoms with Crippen LogP contribution in [0.5, 0.6) is 0 Å². The summed E-state index contributed by atoms with van der Waals surface area (Å²) < 4.78 is 5.21. The van der Waals surface area contributed by atoms with E-state index >= 15 is 0 Å². The van der Waals surface area contributed by atoms with E-state index in [9.17, 15) is 4.79 Å². The molecule has 3 nitrogen and oxygen atoms in total. The molecule has 1 rings (SSSR count). The van der Waals surface area contributed by atoms with Crippen molar-refractivity contribution >= 4 is 5.97 Å². The molecule has 0 aliphatic carbocycles. The number of rotatable bonds is 4. The van der Waals surface area contributed by atoms with E-state index in [1.807, 2.05) is 6.92 Å². The molecule has 1 saturated heterocycles. The molecule has 0 radical (unpaired) electrons. The number of carbonyl (C=O) groups excluding carboxylic acids is 1. The minimum Gasteiger partial charge on any atom is -0.466 e. The molecule has 1 atom stereocenters. The Morgan fingerprint density at radius 1 is 1.50 bits per heavy atom. The highest BCUT2D eigenvalue weighted by Crippen LogP contribution is 2.32. The quantitative estimate of drug-likeness (QED) is 0.589. The minimum absolute atomic E-state index is 0.0419. The third-order valence-electron chi connectivity index (χ3n) is 3.08. The summed E-state index contributed by atoms with van der Waals surface area (Å²) in [6, 6.07) is 0. The van der Waals surface area contributed by atoms with Crippen molar-refractivity contribution in [3.63, 3.8) is 0 Å². The van der Waals surface area contributed by atoms with E-state index in [0.717, 1.165) is 32.4 Å². The molecule has 0 aromatic carbocycles. The summed E-state index contributed by atoms with van der Waals surface area (Å²) in [5, 5.41) is 3.31. The van der Waals surface area contributed by atoms with Crippen LogP contribution in [0.4, 0.5) is 0 Å². The summed E-state index contributed by atoms with van der Waals surface area (Å²) >= 11 is 0. The third kappa shape index (κ3) is 3.34. The molecule has 1 heterocycles. The predicted octanol–water partition coefficient (Wildman–Crippen LogP) is 2.28. The Morgan fingerprint density at radius 3 is 2.75 bits per heavy atom. The Hall–Kier alpha value is -0.830. The Bertz CT molecular complexity index is 261. The largest absolute Gasteiger partial charge is 0.466 e. The summed E-state index contributed by atoms with van der Waals surface area (Å²) in [7, 11) is 0. The highest BCUT2D eigenvalue weighted by atomic mass is 16.5. The van der Waals surface area contributed by atoms with Crippen LogP contribution in [0.15, 0.2) is 11.6 Å². The van der Waals surface area contributed by atoms with Crippen molar-refractivity contribution < 1.29 is 9.53 Å². The molecule has 0 saturated carbocycles. The highest BCUT2D eigenvalue weighted by molar-refractivity contribution is 5.77. The number of carbonyl (C=O) groups is 1. The second kappa shape index (κ2) is 6.04. The fraction of sp³-hybridized carbons (Fsp3) is 0.769. The minimum atomic E-state index is -0.328. The molecule has 1 fully saturated rings. The van der Waals surface area contributed by atoms with E-state index in [1.54, 1.807) is 0 Å². The summed E-state index contributed by atoms with van der Waals surface area (Å²) in [5.41, 5.74) is 0.931. The van der Waals surface area contributed by atoms with Crippen LogP contribution in [0, 0.1) is 5.41 Å². The van der Waals surface area contributed by atoms with Gasteiger partial charge < -0.3 is 10.1 Å². The molecule has 1 aliphatic rings. The maximum Gasteiger partial charge on any atom is 0.313 e. The molecular formula is C13H23NO2. The first kappa shape index (κ1) is 13.2. The molecule has 0 spiro atoms. The first-order chi connectivity index (χ1) is 7.60. The monoisotopic (exact) mass is 225 g/mol. The van der Waals surface area contributed by atoms with Crippen molar-refractivity contribution in [1.29, 1.82) is 0 Å². The number of piperidine rings is 1. The van der Waals surface area contributed by atoms with Gasteiger partial charge in [0.25, 0.3) is 0 Å². The highest BCUT2D eigenvalue weighted by Gasteiger charge is 2.39. The van der Waals surface area contributed by atoms with Crippen LogP contribution in [0.25, 0.3) is 0 Å². The SMILES string of the molecule is CCOC(=O)[C@@]1(CC=C(C)C)CCCNC1. The summed E-state index contributed by atoms with van der Waals surface area (Å²) in [5.74, 6) is -0.0419. The number of esters is 1. The van der Waals surface area contributed by atoms with Gasteiger partial charge in [-0.1, -0.05) is 11.6 Å². The van der Waals surface area contributed by atoms with Crippen molar-refractivity contribution in [2.45, 2.75) is 40.0 Å². The van der Waals surface area contributed by atoms with E-state index in [2.05, 4.69) is 25.2 Å². The van der Waals surface area contributed by atoms with Gasteiger partial charge in [0.05, 0.1) is 12.0 Å². The van der Waals surface area contributed by atoms with E-state index < -0.39 is 0 Å². The van der Waals surface area contributed by atoms with Crippen molar-refractivity contribution in [3.8, 4) is 0 Å². The van der Waals surface area contributed by atoms with Crippen molar-refractivity contribution in [2.24, 2.45) is 5.41 Å². The molecule has 0 amide bonds. The summed E-state index contributed by atoms with van der Waals surface area (Å²) in [4.78, 5) is 12.0. The van der Waals surface area contributed by atoms with Gasteiger partial charge in [-0.15, -0.1) is 0 Å². The predicted molar refractivity (Wildman–Crippen MR) is 65.2 cm³/mol. The zero-order valence-electron chi connectivity index (χ0n) is 10.6. The third-order valence-corrected chi connectivity index (χ3v) is 3.08. The van der Waals surface area contributed by atoms with Crippen molar-refractivity contribution in [2.75, 3.05) is 19.7 Å². The molecule has 3 heteroatoms. The lowest BCUT2D eigenvalue weighted by Crippen LogP contribution is -2.46. The lowest BCUT2D eigenvalue weighted by molar-refractivity contribution is -0.156. The van der Waals surface area contributed by atoms with Gasteiger partial charge in [0, 0.05) is 6.54 Å². The van der Waals surface area contributed by atoms with Crippen molar-refractivity contribution in [3.05, 3.63) is 11.6 Å². The molecule has 16 heavy (non-hydrogen) atoms. The van der Waals surface area contributed by atoms with E-state index in [0.29, 0.717) is 6.61 Å². The van der Waals surface area contributed by atoms with Crippen LogP contribution in [0.3, 0.4) is 0 Å². The van der Waals surface area contributed by atoms with Gasteiger partial charge in [0.15, 0.2) is 0 Å². The molecule has 0 aromatic heterocycles. The van der Waals surface area contributed by atoms with Gasteiger partial charge in [0.1, 0.15) is 0 Å². The molecule has 1 aliphatic heterocycles. The van der Waals surface area contributed by atoms with Crippen molar-refractivity contribution in [1.82, 2.24) is 5.32 Å². The average molecular weight is 225 g/mol. The molecule has 0 aromatic rings. The number of ether oxygens (including phenoxy) is 1. The smallest absolute Gasteiger partial charge is 0.313 e. The molecule has 0 unspecified atom stereocenters. The van der Waals surface area contributed by atoms with Crippen LogP contribution in [-0.2, 0) is 9.53 Å². The molecular weight excluding hydrogens is 202 g/mol. The standard InChI is InChI=1S/C13H23NO2/c1-4-16-12(15)13(8-6-11(2)3)7-5-9-14-10-13/h6,14H,4-5,7-10H2,1-3H3/t13-/m1/s1. The Balaban J connectivity index is 2.74. The second-order valence-corrected chi connectivity index (χ2v) is 4.77. The maximum atomic E-state index is 12.0. The van der Waals surface area contributed by atoms with Crippen LogP contribution in [-0.4, -0.2) is 25.7 Å². The zero-order valence-corrected chi connectivity index (χ0v) is 10.6. The number of allylic oxidation sites excluding steroid dienone is 2. The second-order valence-electron chi connectivity index (χ2n) is 4.77. The lowest BCUT2D eigenvalue weighted by atomic mass is 9.77. The zero-order chi connectivity index (χ0) is 12.0. The van der Waals surface area contributed by atoms with Crippen LogP contribution in [0.2, 0.25) is 0 Å². The summed E-state index contributed by atoms with van der Waals surface area (Å²) in [6.07, 6.45) is 4.92. The van der Waals surface area contributed by atoms with Gasteiger partial charge in [-0.3, -0.25) is 4.79 Å². The Morgan fingerprint density at radius 2 is 2.25 bits per heavy atom. The van der Waals surface area contributed by atoms with Crippen LogP contribution >= 0.6 is 0 Å². The van der Waals surface area contributed by atoms with Gasteiger partial charge in [-0.05, 0) is 46.6 Å². The van der Waals surface area contributed by atoms with Crippen LogP contribution < -0.4 is 5.32 Å². The number of hydrogen-bond acceptors (Lipinski definition) is 3. The number of hydrogen-bond donors (Lipinski definition) is 1. The number of nitrogens with one attached hydrogen (secondary N) is 1. The van der Waals surface area contributed by atoms with Gasteiger partial charge in [-0.25, -0.2) is 0 Å². The van der Waals surface area contributed by atoms with E-state index in [-0.39, 0.29) is 11.4 Å². The molecule has 92 valence electrons. The Kier molecular flexibility index (Phi) is 5.00. The topological polar surface area (TPSA) is 38.3 Å². The average Bonchev–Trinajstić information content (AvgIpc) is 2.28. The first-order valence-corrected chi connectivity index (χ1v) is 6.12. The van der Waals surface area contributed by atoms with Gasteiger partial charge in [-0.2, -0.15) is 0 Å². The lowest BCUT2D eigenvalue weighted by Gasteiger charge is -2.34. The van der Waals surface area contributed by atoms with E-state index in [1.165, 1.54) is 5.57 Å². The normalized spacial score (nSPS) is 24.9. The Labute approximate surface area is 98.2 Å². The first-order valence-electron chi connectivity index (χ1n) is 6.12. The summed E-state index contributed by atoms with van der Waals surface area (Å²) in [6.45, 7) is 8.22. The fourth-order valence-corrected chi connectivity index (χ4v) is 2.08. The molecule has 1 N–H and O–H groups in total.